The predicted octanol–water partition coefficient (Wildman–Crippen LogP) is -0.0663. The minimum absolute atomic E-state index is 0.0660. The quantitative estimate of drug-likeness (QED) is 0.389. The van der Waals surface area contributed by atoms with Crippen molar-refractivity contribution in [3.8, 4) is 0 Å². The zero-order chi connectivity index (χ0) is 5.33. The van der Waals surface area contributed by atoms with Crippen LogP contribution in [0.2, 0.25) is 0 Å². The fourth-order valence-corrected chi connectivity index (χ4v) is 0.366. The Morgan fingerprint density at radius 1 is 2.00 bits per heavy atom. The van der Waals surface area contributed by atoms with Crippen molar-refractivity contribution in [3.05, 3.63) is 12.7 Å². The molecule has 1 atom stereocenters. The molecule has 0 aromatic carbocycles. The topological polar surface area (TPSA) is 32.8 Å². The molecule has 0 saturated carbocycles. The number of ether oxygens (including phenoxy) is 1. The number of rotatable bonds is 2. The lowest BCUT2D eigenvalue weighted by atomic mass is 10.2. The average molecular weight is 100 g/mol. The maximum absolute atomic E-state index is 8.46. The highest BCUT2D eigenvalue weighted by atomic mass is 16.6. The van der Waals surface area contributed by atoms with Gasteiger partial charge in [0.1, 0.15) is 5.60 Å². The van der Waals surface area contributed by atoms with Crippen molar-refractivity contribution in [2.45, 2.75) is 5.60 Å². The molecule has 40 valence electrons. The van der Waals surface area contributed by atoms with E-state index in [1.165, 1.54) is 0 Å². The van der Waals surface area contributed by atoms with Crippen LogP contribution in [0.1, 0.15) is 0 Å². The number of hydrogen-bond acceptors (Lipinski definition) is 2. The molecule has 1 aliphatic heterocycles. The highest BCUT2D eigenvalue weighted by molar-refractivity contribution is 5.06. The SMILES string of the molecule is C=C[C@]1(CO)CO1. The van der Waals surface area contributed by atoms with Crippen molar-refractivity contribution in [1.29, 1.82) is 0 Å². The van der Waals surface area contributed by atoms with Crippen LogP contribution in [0.25, 0.3) is 0 Å². The van der Waals surface area contributed by atoms with Crippen LogP contribution in [0.15, 0.2) is 12.7 Å². The molecule has 0 aromatic rings. The molecule has 1 N–H and O–H groups in total. The molecular formula is C5H8O2. The second-order valence-electron chi connectivity index (χ2n) is 1.72. The normalized spacial score (nSPS) is 37.9. The highest BCUT2D eigenvalue weighted by Gasteiger charge is 2.40. The molecule has 0 bridgehead atoms. The van der Waals surface area contributed by atoms with Gasteiger partial charge in [0, 0.05) is 0 Å². The Labute approximate surface area is 42.4 Å². The molecule has 0 amide bonds. The van der Waals surface area contributed by atoms with E-state index < -0.39 is 0 Å². The van der Waals surface area contributed by atoms with Crippen molar-refractivity contribution in [3.63, 3.8) is 0 Å². The molecule has 1 fully saturated rings. The summed E-state index contributed by atoms with van der Waals surface area (Å²) in [6.07, 6.45) is 1.63. The van der Waals surface area contributed by atoms with E-state index in [0.717, 1.165) is 0 Å². The van der Waals surface area contributed by atoms with Gasteiger partial charge in [-0.15, -0.1) is 6.58 Å². The lowest BCUT2D eigenvalue weighted by molar-refractivity contribution is 0.203. The molecule has 2 heteroatoms. The van der Waals surface area contributed by atoms with E-state index in [2.05, 4.69) is 6.58 Å². The van der Waals surface area contributed by atoms with E-state index in [9.17, 15) is 0 Å². The van der Waals surface area contributed by atoms with Gasteiger partial charge in [-0.3, -0.25) is 0 Å². The maximum Gasteiger partial charge on any atom is 0.132 e. The van der Waals surface area contributed by atoms with E-state index in [4.69, 9.17) is 9.84 Å². The second-order valence-corrected chi connectivity index (χ2v) is 1.72. The molecule has 0 aliphatic carbocycles. The molecule has 0 unspecified atom stereocenters. The lowest BCUT2D eigenvalue weighted by Gasteiger charge is -1.94. The largest absolute Gasteiger partial charge is 0.393 e. The zero-order valence-corrected chi connectivity index (χ0v) is 4.05. The highest BCUT2D eigenvalue weighted by Crippen LogP contribution is 2.26. The fourth-order valence-electron chi connectivity index (χ4n) is 0.366. The van der Waals surface area contributed by atoms with Crippen molar-refractivity contribution >= 4 is 0 Å². The minimum atomic E-state index is -0.347. The third kappa shape index (κ3) is 0.667. The maximum atomic E-state index is 8.46. The molecule has 1 heterocycles. The number of hydrogen-bond donors (Lipinski definition) is 1. The first kappa shape index (κ1) is 4.81. The molecular weight excluding hydrogens is 92.1 g/mol. The van der Waals surface area contributed by atoms with E-state index in [0.29, 0.717) is 6.61 Å². The average Bonchev–Trinajstić information content (AvgIpc) is 2.46. The lowest BCUT2D eigenvalue weighted by Crippen LogP contribution is -2.11. The van der Waals surface area contributed by atoms with Crippen LogP contribution in [-0.4, -0.2) is 23.9 Å². The van der Waals surface area contributed by atoms with Crippen molar-refractivity contribution < 1.29 is 9.84 Å². The Balaban J connectivity index is 2.42. The van der Waals surface area contributed by atoms with Gasteiger partial charge in [0.05, 0.1) is 13.2 Å². The van der Waals surface area contributed by atoms with E-state index in [1.807, 2.05) is 0 Å². The first-order chi connectivity index (χ1) is 3.33. The van der Waals surface area contributed by atoms with Gasteiger partial charge in [0.2, 0.25) is 0 Å². The monoisotopic (exact) mass is 100 g/mol. The Bertz CT molecular complexity index is 84.1. The fraction of sp³-hybridized carbons (Fsp3) is 0.600. The first-order valence-corrected chi connectivity index (χ1v) is 2.21. The number of aliphatic hydroxyl groups is 1. The summed E-state index contributed by atoms with van der Waals surface area (Å²) < 4.78 is 4.83. The van der Waals surface area contributed by atoms with Crippen LogP contribution in [0.5, 0.6) is 0 Å². The third-order valence-electron chi connectivity index (χ3n) is 1.15. The molecule has 1 aliphatic rings. The van der Waals surface area contributed by atoms with Gasteiger partial charge < -0.3 is 9.84 Å². The van der Waals surface area contributed by atoms with Gasteiger partial charge in [-0.05, 0) is 0 Å². The van der Waals surface area contributed by atoms with Crippen molar-refractivity contribution in [1.82, 2.24) is 0 Å². The third-order valence-corrected chi connectivity index (χ3v) is 1.15. The van der Waals surface area contributed by atoms with Gasteiger partial charge in [0.15, 0.2) is 0 Å². The van der Waals surface area contributed by atoms with Crippen LogP contribution in [0.4, 0.5) is 0 Å². The van der Waals surface area contributed by atoms with Crippen LogP contribution < -0.4 is 0 Å². The number of epoxide rings is 1. The first-order valence-electron chi connectivity index (χ1n) is 2.21. The van der Waals surface area contributed by atoms with Crippen molar-refractivity contribution in [2.24, 2.45) is 0 Å². The molecule has 7 heavy (non-hydrogen) atoms. The second kappa shape index (κ2) is 1.32. The summed E-state index contributed by atoms with van der Waals surface area (Å²) in [5.74, 6) is 0. The predicted molar refractivity (Wildman–Crippen MR) is 26.0 cm³/mol. The molecule has 1 rings (SSSR count). The van der Waals surface area contributed by atoms with Crippen molar-refractivity contribution in [2.75, 3.05) is 13.2 Å². The minimum Gasteiger partial charge on any atom is -0.393 e. The van der Waals surface area contributed by atoms with Crippen LogP contribution >= 0.6 is 0 Å². The van der Waals surface area contributed by atoms with Gasteiger partial charge in [0.25, 0.3) is 0 Å². The van der Waals surface area contributed by atoms with Gasteiger partial charge in [-0.25, -0.2) is 0 Å². The van der Waals surface area contributed by atoms with Gasteiger partial charge in [-0.1, -0.05) is 6.08 Å². The Morgan fingerprint density at radius 2 is 2.57 bits per heavy atom. The molecule has 0 radical (unpaired) electrons. The summed E-state index contributed by atoms with van der Waals surface area (Å²) in [4.78, 5) is 0. The summed E-state index contributed by atoms with van der Waals surface area (Å²) in [7, 11) is 0. The Kier molecular flexibility index (Phi) is 0.905. The van der Waals surface area contributed by atoms with E-state index >= 15 is 0 Å². The van der Waals surface area contributed by atoms with Crippen LogP contribution in [-0.2, 0) is 4.74 Å². The summed E-state index contributed by atoms with van der Waals surface area (Å²) >= 11 is 0. The Hall–Kier alpha value is -0.340. The van der Waals surface area contributed by atoms with Gasteiger partial charge >= 0.3 is 0 Å². The van der Waals surface area contributed by atoms with Gasteiger partial charge in [-0.2, -0.15) is 0 Å². The molecule has 2 nitrogen and oxygen atoms in total. The van der Waals surface area contributed by atoms with E-state index in [1.54, 1.807) is 6.08 Å². The van der Waals surface area contributed by atoms with E-state index in [-0.39, 0.29) is 12.2 Å². The molecule has 0 spiro atoms. The molecule has 1 saturated heterocycles. The Morgan fingerprint density at radius 3 is 2.57 bits per heavy atom. The standard InChI is InChI=1S/C5H8O2/c1-2-5(3-6)4-7-5/h2,6H,1,3-4H2/t5-/m0/s1. The molecule has 0 aromatic heterocycles. The van der Waals surface area contributed by atoms with Crippen LogP contribution in [0, 0.1) is 0 Å². The summed E-state index contributed by atoms with van der Waals surface area (Å²) in [5, 5.41) is 8.46. The number of aliphatic hydroxyl groups excluding tert-OH is 1. The van der Waals surface area contributed by atoms with Crippen LogP contribution in [0.3, 0.4) is 0 Å². The summed E-state index contributed by atoms with van der Waals surface area (Å²) in [6, 6.07) is 0. The summed E-state index contributed by atoms with van der Waals surface area (Å²) in [6.45, 7) is 4.18. The zero-order valence-electron chi connectivity index (χ0n) is 4.05. The smallest absolute Gasteiger partial charge is 0.132 e. The summed E-state index contributed by atoms with van der Waals surface area (Å²) in [5.41, 5.74) is -0.347.